The van der Waals surface area contributed by atoms with Gasteiger partial charge in [0, 0.05) is 25.0 Å². The Labute approximate surface area is 163 Å². The number of rotatable bonds is 12. The Morgan fingerprint density at radius 3 is 2.74 bits per heavy atom. The number of ether oxygens (including phenoxy) is 4. The van der Waals surface area contributed by atoms with E-state index in [1.54, 1.807) is 7.11 Å². The van der Waals surface area contributed by atoms with Gasteiger partial charge in [-0.3, -0.25) is 4.79 Å². The van der Waals surface area contributed by atoms with Crippen molar-refractivity contribution in [3.8, 4) is 5.75 Å². The molecule has 0 radical (unpaired) electrons. The van der Waals surface area contributed by atoms with E-state index in [-0.39, 0.29) is 24.8 Å². The summed E-state index contributed by atoms with van der Waals surface area (Å²) in [5.74, 6) is 0.930. The molecule has 0 aromatic heterocycles. The van der Waals surface area contributed by atoms with Crippen molar-refractivity contribution >= 4 is 5.97 Å². The van der Waals surface area contributed by atoms with Crippen LogP contribution in [0.3, 0.4) is 0 Å². The molecule has 2 rings (SSSR count). The predicted molar refractivity (Wildman–Crippen MR) is 105 cm³/mol. The number of esters is 1. The molecule has 152 valence electrons. The Morgan fingerprint density at radius 1 is 1.11 bits per heavy atom. The highest BCUT2D eigenvalue weighted by Crippen LogP contribution is 2.39. The molecule has 0 amide bonds. The van der Waals surface area contributed by atoms with Gasteiger partial charge in [0.1, 0.15) is 11.9 Å². The first-order valence-electron chi connectivity index (χ1n) is 10.2. The SMILES string of the molecule is CCCCCC(=O)O[C@H]1CCCC[C@@H]1c1ccccc1OCOCCOC. The van der Waals surface area contributed by atoms with Crippen LogP contribution in [0.25, 0.3) is 0 Å². The van der Waals surface area contributed by atoms with Crippen LogP contribution in [-0.4, -0.2) is 39.2 Å². The zero-order valence-electron chi connectivity index (χ0n) is 16.8. The Bertz CT molecular complexity index is 545. The van der Waals surface area contributed by atoms with Gasteiger partial charge >= 0.3 is 5.97 Å². The fraction of sp³-hybridized carbons (Fsp3) is 0.682. The standard InChI is InChI=1S/C22H34O5/c1-3-4-5-14-22(23)27-21-13-9-7-11-19(21)18-10-6-8-12-20(18)26-17-25-16-15-24-2/h6,8,10,12,19,21H,3-5,7,9,11,13-17H2,1-2H3/t19-,21+/m1/s1. The summed E-state index contributed by atoms with van der Waals surface area (Å²) in [5.41, 5.74) is 1.11. The number of para-hydroxylation sites is 1. The van der Waals surface area contributed by atoms with E-state index in [1.165, 1.54) is 0 Å². The Kier molecular flexibility index (Phi) is 10.2. The average molecular weight is 379 g/mol. The molecule has 1 aliphatic rings. The molecule has 0 aliphatic heterocycles. The van der Waals surface area contributed by atoms with Crippen LogP contribution >= 0.6 is 0 Å². The molecule has 0 spiro atoms. The molecular formula is C22H34O5. The number of hydrogen-bond acceptors (Lipinski definition) is 5. The van der Waals surface area contributed by atoms with Gasteiger partial charge in [-0.2, -0.15) is 0 Å². The predicted octanol–water partition coefficient (Wildman–Crippen LogP) is 4.84. The molecule has 0 bridgehead atoms. The van der Waals surface area contributed by atoms with Crippen LogP contribution in [0.1, 0.15) is 69.8 Å². The summed E-state index contributed by atoms with van der Waals surface area (Å²) in [6.07, 6.45) is 7.72. The van der Waals surface area contributed by atoms with Crippen LogP contribution in [0.2, 0.25) is 0 Å². The summed E-state index contributed by atoms with van der Waals surface area (Å²) in [5, 5.41) is 0. The van der Waals surface area contributed by atoms with E-state index in [2.05, 4.69) is 13.0 Å². The minimum absolute atomic E-state index is 0.0629. The second-order valence-electron chi connectivity index (χ2n) is 7.08. The lowest BCUT2D eigenvalue weighted by Crippen LogP contribution is -2.29. The van der Waals surface area contributed by atoms with Crippen molar-refractivity contribution < 1.29 is 23.7 Å². The maximum absolute atomic E-state index is 12.2. The van der Waals surface area contributed by atoms with E-state index in [0.29, 0.717) is 19.6 Å². The highest BCUT2D eigenvalue weighted by Gasteiger charge is 2.31. The summed E-state index contributed by atoms with van der Waals surface area (Å²) in [4.78, 5) is 12.2. The van der Waals surface area contributed by atoms with E-state index in [9.17, 15) is 4.79 Å². The van der Waals surface area contributed by atoms with Crippen molar-refractivity contribution in [2.24, 2.45) is 0 Å². The molecule has 0 N–H and O–H groups in total. The van der Waals surface area contributed by atoms with Gasteiger partial charge in [0.25, 0.3) is 0 Å². The summed E-state index contributed by atoms with van der Waals surface area (Å²) < 4.78 is 22.1. The van der Waals surface area contributed by atoms with Crippen LogP contribution in [0.4, 0.5) is 0 Å². The van der Waals surface area contributed by atoms with Crippen molar-refractivity contribution in [2.45, 2.75) is 70.3 Å². The summed E-state index contributed by atoms with van der Waals surface area (Å²) in [6, 6.07) is 8.02. The highest BCUT2D eigenvalue weighted by atomic mass is 16.7. The molecule has 1 aromatic carbocycles. The van der Waals surface area contributed by atoms with E-state index in [1.807, 2.05) is 18.2 Å². The largest absolute Gasteiger partial charge is 0.467 e. The third-order valence-electron chi connectivity index (χ3n) is 5.02. The molecule has 27 heavy (non-hydrogen) atoms. The van der Waals surface area contributed by atoms with Crippen LogP contribution in [0.15, 0.2) is 24.3 Å². The second-order valence-corrected chi connectivity index (χ2v) is 7.08. The quantitative estimate of drug-likeness (QED) is 0.296. The third kappa shape index (κ3) is 7.51. The number of benzene rings is 1. The van der Waals surface area contributed by atoms with Crippen molar-refractivity contribution in [3.63, 3.8) is 0 Å². The minimum atomic E-state index is -0.0679. The van der Waals surface area contributed by atoms with Crippen molar-refractivity contribution in [1.82, 2.24) is 0 Å². The topological polar surface area (TPSA) is 54.0 Å². The lowest BCUT2D eigenvalue weighted by molar-refractivity contribution is -0.151. The zero-order chi connectivity index (χ0) is 19.3. The van der Waals surface area contributed by atoms with E-state index in [4.69, 9.17) is 18.9 Å². The Balaban J connectivity index is 1.97. The van der Waals surface area contributed by atoms with E-state index < -0.39 is 0 Å². The Hall–Kier alpha value is -1.59. The number of hydrogen-bond donors (Lipinski definition) is 0. The molecule has 1 saturated carbocycles. The maximum atomic E-state index is 12.2. The number of carbonyl (C=O) groups excluding carboxylic acids is 1. The molecule has 0 unspecified atom stereocenters. The molecule has 5 nitrogen and oxygen atoms in total. The van der Waals surface area contributed by atoms with E-state index >= 15 is 0 Å². The lowest BCUT2D eigenvalue weighted by Gasteiger charge is -2.32. The number of unbranched alkanes of at least 4 members (excludes halogenated alkanes) is 2. The Morgan fingerprint density at radius 2 is 1.93 bits per heavy atom. The van der Waals surface area contributed by atoms with Gasteiger partial charge in [-0.25, -0.2) is 0 Å². The average Bonchev–Trinajstić information content (AvgIpc) is 2.69. The van der Waals surface area contributed by atoms with Gasteiger partial charge in [0.05, 0.1) is 13.2 Å². The van der Waals surface area contributed by atoms with Crippen LogP contribution in [-0.2, 0) is 19.0 Å². The van der Waals surface area contributed by atoms with Crippen LogP contribution < -0.4 is 4.74 Å². The first kappa shape index (κ1) is 21.7. The molecule has 0 saturated heterocycles. The molecule has 0 heterocycles. The van der Waals surface area contributed by atoms with Gasteiger partial charge in [-0.15, -0.1) is 0 Å². The van der Waals surface area contributed by atoms with Crippen LogP contribution in [0, 0.1) is 0 Å². The van der Waals surface area contributed by atoms with Gasteiger partial charge in [0.15, 0.2) is 6.79 Å². The van der Waals surface area contributed by atoms with Crippen molar-refractivity contribution in [1.29, 1.82) is 0 Å². The summed E-state index contributed by atoms with van der Waals surface area (Å²) in [6.45, 7) is 3.37. The third-order valence-corrected chi connectivity index (χ3v) is 5.02. The van der Waals surface area contributed by atoms with Crippen molar-refractivity contribution in [3.05, 3.63) is 29.8 Å². The second kappa shape index (κ2) is 12.7. The minimum Gasteiger partial charge on any atom is -0.467 e. The lowest BCUT2D eigenvalue weighted by atomic mass is 9.81. The zero-order valence-corrected chi connectivity index (χ0v) is 16.8. The molecule has 1 fully saturated rings. The fourth-order valence-corrected chi connectivity index (χ4v) is 3.57. The molecular weight excluding hydrogens is 344 g/mol. The summed E-state index contributed by atoms with van der Waals surface area (Å²) in [7, 11) is 1.65. The molecule has 5 heteroatoms. The van der Waals surface area contributed by atoms with E-state index in [0.717, 1.165) is 56.3 Å². The van der Waals surface area contributed by atoms with Gasteiger partial charge in [0.2, 0.25) is 0 Å². The first-order chi connectivity index (χ1) is 13.3. The molecule has 2 atom stereocenters. The van der Waals surface area contributed by atoms with Gasteiger partial charge in [-0.1, -0.05) is 44.4 Å². The fourth-order valence-electron chi connectivity index (χ4n) is 3.57. The normalized spacial score (nSPS) is 19.6. The first-order valence-corrected chi connectivity index (χ1v) is 10.2. The molecule has 1 aliphatic carbocycles. The molecule has 1 aromatic rings. The smallest absolute Gasteiger partial charge is 0.306 e. The van der Waals surface area contributed by atoms with Crippen LogP contribution in [0.5, 0.6) is 5.75 Å². The number of methoxy groups -OCH3 is 1. The van der Waals surface area contributed by atoms with Crippen molar-refractivity contribution in [2.75, 3.05) is 27.1 Å². The highest BCUT2D eigenvalue weighted by molar-refractivity contribution is 5.69. The van der Waals surface area contributed by atoms with Gasteiger partial charge < -0.3 is 18.9 Å². The van der Waals surface area contributed by atoms with Gasteiger partial charge in [-0.05, 0) is 31.7 Å². The number of carbonyl (C=O) groups is 1. The monoisotopic (exact) mass is 378 g/mol. The summed E-state index contributed by atoms with van der Waals surface area (Å²) >= 11 is 0. The maximum Gasteiger partial charge on any atom is 0.306 e.